The molecule has 1 aliphatic rings. The number of carbonyl (C=O) groups is 1. The van der Waals surface area contributed by atoms with Crippen LogP contribution in [0.3, 0.4) is 0 Å². The van der Waals surface area contributed by atoms with Gasteiger partial charge in [0.05, 0.1) is 18.6 Å². The third kappa shape index (κ3) is 4.24. The number of sulfonamides is 1. The minimum absolute atomic E-state index is 0.0861. The summed E-state index contributed by atoms with van der Waals surface area (Å²) in [6.45, 7) is 3.41. The van der Waals surface area contributed by atoms with Crippen molar-refractivity contribution in [2.24, 2.45) is 0 Å². The van der Waals surface area contributed by atoms with Gasteiger partial charge in [-0.05, 0) is 54.5 Å². The predicted molar refractivity (Wildman–Crippen MR) is 105 cm³/mol. The van der Waals surface area contributed by atoms with Gasteiger partial charge in [0.1, 0.15) is 11.9 Å². The van der Waals surface area contributed by atoms with E-state index in [2.05, 4.69) is 5.32 Å². The van der Waals surface area contributed by atoms with Crippen molar-refractivity contribution >= 4 is 21.6 Å². The van der Waals surface area contributed by atoms with E-state index in [0.29, 0.717) is 11.4 Å². The van der Waals surface area contributed by atoms with Gasteiger partial charge in [-0.15, -0.1) is 0 Å². The van der Waals surface area contributed by atoms with E-state index in [-0.39, 0.29) is 17.3 Å². The molecular weight excluding hydrogens is 380 g/mol. The van der Waals surface area contributed by atoms with Crippen LogP contribution in [0.25, 0.3) is 0 Å². The average Bonchev–Trinajstić information content (AvgIpc) is 2.68. The first-order valence-corrected chi connectivity index (χ1v) is 10.1. The van der Waals surface area contributed by atoms with Crippen molar-refractivity contribution in [2.75, 3.05) is 19.0 Å². The van der Waals surface area contributed by atoms with Crippen molar-refractivity contribution in [3.05, 3.63) is 65.7 Å². The molecule has 0 bridgehead atoms. The van der Waals surface area contributed by atoms with Crippen molar-refractivity contribution in [1.82, 2.24) is 4.47 Å². The van der Waals surface area contributed by atoms with Gasteiger partial charge in [0, 0.05) is 12.6 Å². The number of amides is 1. The van der Waals surface area contributed by atoms with Crippen molar-refractivity contribution in [3.63, 3.8) is 0 Å². The van der Waals surface area contributed by atoms with Crippen LogP contribution >= 0.6 is 0 Å². The van der Waals surface area contributed by atoms with E-state index in [4.69, 9.17) is 9.57 Å². The highest BCUT2D eigenvalue weighted by atomic mass is 32.2. The van der Waals surface area contributed by atoms with E-state index in [0.717, 1.165) is 15.6 Å². The highest BCUT2D eigenvalue weighted by molar-refractivity contribution is 7.89. The number of hydrogen-bond donors (Lipinski definition) is 1. The summed E-state index contributed by atoms with van der Waals surface area (Å²) in [5.74, 6) is 0.489. The summed E-state index contributed by atoms with van der Waals surface area (Å²) in [5, 5.41) is 2.61. The zero-order valence-corrected chi connectivity index (χ0v) is 16.7. The molecule has 1 N–H and O–H groups in total. The van der Waals surface area contributed by atoms with Crippen LogP contribution in [0.2, 0.25) is 0 Å². The van der Waals surface area contributed by atoms with Crippen LogP contribution < -0.4 is 10.1 Å². The SMILES string of the molecule is COc1ccc(C2ON(S(=O)(=O)c3ccc(NC(C)=O)cc3)CC=C2C)cc1. The maximum absolute atomic E-state index is 13.0. The Morgan fingerprint density at radius 3 is 2.36 bits per heavy atom. The quantitative estimate of drug-likeness (QED) is 0.776. The topological polar surface area (TPSA) is 84.9 Å². The Kier molecular flexibility index (Phi) is 5.83. The Labute approximate surface area is 164 Å². The number of benzene rings is 2. The first-order chi connectivity index (χ1) is 13.3. The zero-order valence-electron chi connectivity index (χ0n) is 15.9. The maximum atomic E-state index is 13.0. The monoisotopic (exact) mass is 402 g/mol. The van der Waals surface area contributed by atoms with Crippen molar-refractivity contribution in [1.29, 1.82) is 0 Å². The molecule has 0 aromatic heterocycles. The third-order valence-corrected chi connectivity index (χ3v) is 6.00. The molecule has 148 valence electrons. The fourth-order valence-electron chi connectivity index (χ4n) is 2.86. The molecule has 7 nitrogen and oxygen atoms in total. The average molecular weight is 402 g/mol. The minimum Gasteiger partial charge on any atom is -0.497 e. The number of anilines is 1. The number of hydroxylamine groups is 1. The Balaban J connectivity index is 1.83. The van der Waals surface area contributed by atoms with E-state index in [1.807, 2.05) is 25.1 Å². The molecule has 0 radical (unpaired) electrons. The lowest BCUT2D eigenvalue weighted by atomic mass is 10.0. The van der Waals surface area contributed by atoms with E-state index >= 15 is 0 Å². The largest absolute Gasteiger partial charge is 0.497 e. The maximum Gasteiger partial charge on any atom is 0.265 e. The zero-order chi connectivity index (χ0) is 20.3. The fraction of sp³-hybridized carbons (Fsp3) is 0.250. The van der Waals surface area contributed by atoms with Crippen LogP contribution in [0.5, 0.6) is 5.75 Å². The van der Waals surface area contributed by atoms with Crippen LogP contribution in [0.1, 0.15) is 25.5 Å². The predicted octanol–water partition coefficient (Wildman–Crippen LogP) is 3.28. The molecule has 0 aliphatic carbocycles. The highest BCUT2D eigenvalue weighted by Gasteiger charge is 2.32. The summed E-state index contributed by atoms with van der Waals surface area (Å²) in [6, 6.07) is 13.3. The standard InChI is InChI=1S/C20H22N2O5S/c1-14-12-13-22(27-20(14)16-4-8-18(26-3)9-5-16)28(24,25)19-10-6-17(7-11-19)21-15(2)23/h4-12,20H,13H2,1-3H3,(H,21,23). The molecule has 0 spiro atoms. The lowest BCUT2D eigenvalue weighted by Gasteiger charge is -2.31. The third-order valence-electron chi connectivity index (χ3n) is 4.36. The molecule has 1 aliphatic heterocycles. The van der Waals surface area contributed by atoms with E-state index in [9.17, 15) is 13.2 Å². The number of hydrogen-bond acceptors (Lipinski definition) is 5. The van der Waals surface area contributed by atoms with Gasteiger partial charge in [-0.1, -0.05) is 22.7 Å². The molecule has 8 heteroatoms. The van der Waals surface area contributed by atoms with Gasteiger partial charge < -0.3 is 10.1 Å². The Morgan fingerprint density at radius 2 is 1.79 bits per heavy atom. The van der Waals surface area contributed by atoms with Crippen LogP contribution in [-0.4, -0.2) is 32.4 Å². The fourth-order valence-corrected chi connectivity index (χ4v) is 4.04. The van der Waals surface area contributed by atoms with Crippen molar-refractivity contribution in [3.8, 4) is 5.75 Å². The first kappa shape index (κ1) is 20.1. The number of nitrogens with zero attached hydrogens (tertiary/aromatic N) is 1. The molecule has 1 unspecified atom stereocenters. The number of carbonyl (C=O) groups excluding carboxylic acids is 1. The summed E-state index contributed by atoms with van der Waals surface area (Å²) in [7, 11) is -2.27. The van der Waals surface area contributed by atoms with Crippen LogP contribution in [0.4, 0.5) is 5.69 Å². The number of rotatable bonds is 5. The lowest BCUT2D eigenvalue weighted by molar-refractivity contribution is -0.123. The van der Waals surface area contributed by atoms with E-state index in [1.54, 1.807) is 31.4 Å². The van der Waals surface area contributed by atoms with Crippen LogP contribution in [-0.2, 0) is 19.7 Å². The van der Waals surface area contributed by atoms with Gasteiger partial charge in [0.25, 0.3) is 10.0 Å². The minimum atomic E-state index is -3.86. The molecule has 0 fully saturated rings. The number of methoxy groups -OCH3 is 1. The highest BCUT2D eigenvalue weighted by Crippen LogP contribution is 2.33. The van der Waals surface area contributed by atoms with Crippen molar-refractivity contribution < 1.29 is 22.8 Å². The number of nitrogens with one attached hydrogen (secondary N) is 1. The molecule has 0 saturated carbocycles. The normalized spacial score (nSPS) is 17.7. The van der Waals surface area contributed by atoms with E-state index in [1.165, 1.54) is 19.1 Å². The second kappa shape index (κ2) is 8.14. The summed E-state index contributed by atoms with van der Waals surface area (Å²) >= 11 is 0. The number of ether oxygens (including phenoxy) is 1. The second-order valence-electron chi connectivity index (χ2n) is 6.40. The van der Waals surface area contributed by atoms with E-state index < -0.39 is 16.1 Å². The molecule has 2 aromatic carbocycles. The molecule has 3 rings (SSSR count). The molecule has 1 heterocycles. The van der Waals surface area contributed by atoms with Gasteiger partial charge in [0.15, 0.2) is 0 Å². The molecule has 1 amide bonds. The Morgan fingerprint density at radius 1 is 1.14 bits per heavy atom. The second-order valence-corrected chi connectivity index (χ2v) is 8.23. The first-order valence-electron chi connectivity index (χ1n) is 8.69. The Bertz CT molecular complexity index is 982. The molecule has 28 heavy (non-hydrogen) atoms. The van der Waals surface area contributed by atoms with Crippen molar-refractivity contribution in [2.45, 2.75) is 24.8 Å². The summed E-state index contributed by atoms with van der Waals surface area (Å²) in [5.41, 5.74) is 2.28. The summed E-state index contributed by atoms with van der Waals surface area (Å²) in [6.07, 6.45) is 1.33. The smallest absolute Gasteiger partial charge is 0.265 e. The van der Waals surface area contributed by atoms with Gasteiger partial charge in [-0.25, -0.2) is 8.42 Å². The van der Waals surface area contributed by atoms with Gasteiger partial charge >= 0.3 is 0 Å². The van der Waals surface area contributed by atoms with Gasteiger partial charge in [0.2, 0.25) is 5.91 Å². The molecule has 0 saturated heterocycles. The lowest BCUT2D eigenvalue weighted by Crippen LogP contribution is -2.36. The molecule has 1 atom stereocenters. The van der Waals surface area contributed by atoms with Gasteiger partial charge in [-0.2, -0.15) is 0 Å². The van der Waals surface area contributed by atoms with Crippen LogP contribution in [0.15, 0.2) is 65.1 Å². The van der Waals surface area contributed by atoms with Crippen LogP contribution in [0, 0.1) is 0 Å². The Hall–Kier alpha value is -2.68. The summed E-state index contributed by atoms with van der Waals surface area (Å²) < 4.78 is 32.1. The molecular formula is C20H22N2O5S. The van der Waals surface area contributed by atoms with Gasteiger partial charge in [-0.3, -0.25) is 9.63 Å². The summed E-state index contributed by atoms with van der Waals surface area (Å²) in [4.78, 5) is 17.0. The molecule has 2 aromatic rings.